The molecule has 2 amide bonds. The third-order valence-electron chi connectivity index (χ3n) is 5.50. The molecule has 180 valence electrons. The third-order valence-corrected chi connectivity index (χ3v) is 5.50. The number of carbonyl (C=O) groups is 3. The van der Waals surface area contributed by atoms with Gasteiger partial charge < -0.3 is 29.6 Å². The number of rotatable bonds is 8. The fourth-order valence-corrected chi connectivity index (χ4v) is 3.85. The number of benzene rings is 2. The highest BCUT2D eigenvalue weighted by atomic mass is 16.6. The number of hydrogen-bond donors (Lipinski definition) is 3. The fraction of sp³-hybridized carbons (Fsp3) is 0.192. The quantitative estimate of drug-likeness (QED) is 0.427. The highest BCUT2D eigenvalue weighted by Gasteiger charge is 2.42. The van der Waals surface area contributed by atoms with E-state index in [1.807, 2.05) is 0 Å². The molecule has 1 aliphatic heterocycles. The minimum absolute atomic E-state index is 0.0189. The zero-order valence-corrected chi connectivity index (χ0v) is 18.9. The van der Waals surface area contributed by atoms with E-state index in [0.29, 0.717) is 16.9 Å². The summed E-state index contributed by atoms with van der Waals surface area (Å²) >= 11 is 0. The smallest absolute Gasteiger partial charge is 0.348 e. The Morgan fingerprint density at radius 1 is 0.971 bits per heavy atom. The molecule has 9 heteroatoms. The number of furan rings is 1. The number of esters is 2. The molecule has 0 saturated carbocycles. The molecule has 0 spiro atoms. The normalized spacial score (nSPS) is 15.7. The van der Waals surface area contributed by atoms with Gasteiger partial charge in [-0.05, 0) is 30.2 Å². The van der Waals surface area contributed by atoms with Crippen molar-refractivity contribution in [2.24, 2.45) is 0 Å². The van der Waals surface area contributed by atoms with Gasteiger partial charge in [0, 0.05) is 0 Å². The van der Waals surface area contributed by atoms with Gasteiger partial charge >= 0.3 is 18.0 Å². The van der Waals surface area contributed by atoms with Crippen molar-refractivity contribution < 1.29 is 33.4 Å². The van der Waals surface area contributed by atoms with E-state index in [1.165, 1.54) is 6.26 Å². The standard InChI is InChI=1S/C26H24N2O7/c1-2-33-23(29)21-19(27-25(31)28-22(21)20-14-9-15-34-20)16-35-24(30)26(32,17-10-5-3-6-11-17)18-12-7-4-8-13-18/h3-15,22,32H,2,16H2,1H3,(H2,27,28,31)/t22-/m1/s1. The highest BCUT2D eigenvalue weighted by Crippen LogP contribution is 2.32. The fourth-order valence-electron chi connectivity index (χ4n) is 3.85. The second kappa shape index (κ2) is 10.3. The van der Waals surface area contributed by atoms with Crippen LogP contribution in [0.2, 0.25) is 0 Å². The summed E-state index contributed by atoms with van der Waals surface area (Å²) in [4.78, 5) is 38.5. The summed E-state index contributed by atoms with van der Waals surface area (Å²) in [6.45, 7) is 1.24. The summed E-state index contributed by atoms with van der Waals surface area (Å²) in [5, 5.41) is 16.7. The van der Waals surface area contributed by atoms with E-state index in [4.69, 9.17) is 13.9 Å². The largest absolute Gasteiger partial charge is 0.467 e. The van der Waals surface area contributed by atoms with Gasteiger partial charge in [-0.25, -0.2) is 14.4 Å². The van der Waals surface area contributed by atoms with Gasteiger partial charge in [-0.2, -0.15) is 0 Å². The van der Waals surface area contributed by atoms with Gasteiger partial charge in [0.2, 0.25) is 5.60 Å². The molecule has 3 aromatic rings. The van der Waals surface area contributed by atoms with Crippen molar-refractivity contribution in [2.75, 3.05) is 13.2 Å². The van der Waals surface area contributed by atoms with Crippen LogP contribution < -0.4 is 10.6 Å². The minimum Gasteiger partial charge on any atom is -0.467 e. The van der Waals surface area contributed by atoms with Crippen LogP contribution in [-0.2, 0) is 24.7 Å². The van der Waals surface area contributed by atoms with Crippen LogP contribution >= 0.6 is 0 Å². The molecule has 4 rings (SSSR count). The Morgan fingerprint density at radius 2 is 1.60 bits per heavy atom. The number of nitrogens with one attached hydrogen (secondary N) is 2. The lowest BCUT2D eigenvalue weighted by Gasteiger charge is -2.30. The van der Waals surface area contributed by atoms with Crippen LogP contribution in [-0.4, -0.2) is 36.3 Å². The van der Waals surface area contributed by atoms with E-state index in [1.54, 1.807) is 79.7 Å². The predicted octanol–water partition coefficient (Wildman–Crippen LogP) is 2.93. The van der Waals surface area contributed by atoms with E-state index in [2.05, 4.69) is 10.6 Å². The Morgan fingerprint density at radius 3 is 2.14 bits per heavy atom. The molecule has 3 N–H and O–H groups in total. The zero-order chi connectivity index (χ0) is 24.8. The average Bonchev–Trinajstić information content (AvgIpc) is 3.42. The first-order chi connectivity index (χ1) is 16.9. The van der Waals surface area contributed by atoms with Crippen molar-refractivity contribution in [3.63, 3.8) is 0 Å². The molecule has 0 fully saturated rings. The summed E-state index contributed by atoms with van der Waals surface area (Å²) in [6, 6.07) is 18.4. The molecule has 1 aromatic heterocycles. The first-order valence-electron chi connectivity index (χ1n) is 11.0. The van der Waals surface area contributed by atoms with Crippen molar-refractivity contribution >= 4 is 18.0 Å². The van der Waals surface area contributed by atoms with Gasteiger partial charge in [0.25, 0.3) is 0 Å². The maximum absolute atomic E-state index is 13.3. The van der Waals surface area contributed by atoms with Crippen molar-refractivity contribution in [3.8, 4) is 0 Å². The Kier molecular flexibility index (Phi) is 6.98. The summed E-state index contributed by atoms with van der Waals surface area (Å²) in [7, 11) is 0. The number of urea groups is 1. The number of hydrogen-bond acceptors (Lipinski definition) is 7. The summed E-state index contributed by atoms with van der Waals surface area (Å²) in [5.74, 6) is -1.39. The maximum Gasteiger partial charge on any atom is 0.348 e. The van der Waals surface area contributed by atoms with Crippen molar-refractivity contribution in [1.82, 2.24) is 10.6 Å². The van der Waals surface area contributed by atoms with Crippen LogP contribution in [0.25, 0.3) is 0 Å². The zero-order valence-electron chi connectivity index (χ0n) is 18.9. The van der Waals surface area contributed by atoms with Crippen LogP contribution in [0.5, 0.6) is 0 Å². The average molecular weight is 476 g/mol. The summed E-state index contributed by atoms with van der Waals surface area (Å²) < 4.78 is 16.1. The number of carbonyl (C=O) groups excluding carboxylic acids is 3. The van der Waals surface area contributed by atoms with Crippen LogP contribution in [0.3, 0.4) is 0 Å². The van der Waals surface area contributed by atoms with Gasteiger partial charge in [0.1, 0.15) is 18.4 Å². The van der Waals surface area contributed by atoms with Crippen molar-refractivity contribution in [1.29, 1.82) is 0 Å². The lowest BCUT2D eigenvalue weighted by molar-refractivity contribution is -0.161. The van der Waals surface area contributed by atoms with E-state index in [0.717, 1.165) is 0 Å². The van der Waals surface area contributed by atoms with Gasteiger partial charge in [-0.1, -0.05) is 60.7 Å². The van der Waals surface area contributed by atoms with E-state index < -0.39 is 36.2 Å². The molecule has 2 heterocycles. The molecule has 0 saturated heterocycles. The summed E-state index contributed by atoms with van der Waals surface area (Å²) in [6.07, 6.45) is 1.41. The molecule has 9 nitrogen and oxygen atoms in total. The molecule has 35 heavy (non-hydrogen) atoms. The van der Waals surface area contributed by atoms with Crippen LogP contribution in [0.1, 0.15) is 29.9 Å². The summed E-state index contributed by atoms with van der Waals surface area (Å²) in [5.41, 5.74) is -1.47. The van der Waals surface area contributed by atoms with E-state index >= 15 is 0 Å². The molecule has 2 aromatic carbocycles. The molecule has 0 bridgehead atoms. The van der Waals surface area contributed by atoms with Crippen molar-refractivity contribution in [2.45, 2.75) is 18.6 Å². The molecule has 0 unspecified atom stereocenters. The number of amides is 2. The molecular formula is C26H24N2O7. The first kappa shape index (κ1) is 23.8. The number of ether oxygens (including phenoxy) is 2. The molecule has 1 aliphatic rings. The van der Waals surface area contributed by atoms with E-state index in [-0.39, 0.29) is 17.9 Å². The lowest BCUT2D eigenvalue weighted by Crippen LogP contribution is -2.47. The Labute approximate surface area is 201 Å². The lowest BCUT2D eigenvalue weighted by atomic mass is 9.86. The number of aliphatic hydroxyl groups is 1. The first-order valence-corrected chi connectivity index (χ1v) is 11.0. The monoisotopic (exact) mass is 476 g/mol. The minimum atomic E-state index is -2.12. The van der Waals surface area contributed by atoms with Crippen LogP contribution in [0.15, 0.2) is 94.7 Å². The van der Waals surface area contributed by atoms with E-state index in [9.17, 15) is 19.5 Å². The highest BCUT2D eigenvalue weighted by molar-refractivity contribution is 5.95. The maximum atomic E-state index is 13.3. The predicted molar refractivity (Wildman–Crippen MR) is 124 cm³/mol. The second-order valence-corrected chi connectivity index (χ2v) is 7.68. The van der Waals surface area contributed by atoms with Crippen LogP contribution in [0.4, 0.5) is 4.79 Å². The second-order valence-electron chi connectivity index (χ2n) is 7.68. The van der Waals surface area contributed by atoms with Crippen molar-refractivity contribution in [3.05, 3.63) is 107 Å². The molecular weight excluding hydrogens is 452 g/mol. The van der Waals surface area contributed by atoms with Gasteiger partial charge in [0.15, 0.2) is 0 Å². The Bertz CT molecular complexity index is 1180. The van der Waals surface area contributed by atoms with Gasteiger partial charge in [-0.3, -0.25) is 0 Å². The molecule has 1 atom stereocenters. The molecule has 0 radical (unpaired) electrons. The third kappa shape index (κ3) is 4.80. The SMILES string of the molecule is CCOC(=O)C1=C(COC(=O)C(O)(c2ccccc2)c2ccccc2)NC(=O)N[C@@H]1c1ccco1. The van der Waals surface area contributed by atoms with Crippen LogP contribution in [0, 0.1) is 0 Å². The Balaban J connectivity index is 1.69. The molecule has 0 aliphatic carbocycles. The van der Waals surface area contributed by atoms with Gasteiger partial charge in [-0.15, -0.1) is 0 Å². The topological polar surface area (TPSA) is 127 Å². The Hall–Kier alpha value is -4.37. The van der Waals surface area contributed by atoms with Gasteiger partial charge in [0.05, 0.1) is 24.1 Å².